The summed E-state index contributed by atoms with van der Waals surface area (Å²) >= 11 is 0. The molecule has 0 spiro atoms. The Hall–Kier alpha value is -3.14. The van der Waals surface area contributed by atoms with Crippen LogP contribution < -0.4 is 10.6 Å². The second kappa shape index (κ2) is 11.1. The van der Waals surface area contributed by atoms with Gasteiger partial charge in [0.1, 0.15) is 0 Å². The highest BCUT2D eigenvalue weighted by atomic mass is 16.4. The van der Waals surface area contributed by atoms with Crippen LogP contribution in [0, 0.1) is 5.92 Å². The van der Waals surface area contributed by atoms with Gasteiger partial charge in [0.25, 0.3) is 0 Å². The van der Waals surface area contributed by atoms with Crippen LogP contribution in [0.4, 0.5) is 5.69 Å². The number of piperazine rings is 1. The Morgan fingerprint density at radius 1 is 0.867 bits per heavy atom. The Bertz CT molecular complexity index is 729. The molecule has 1 aromatic rings. The number of anilines is 1. The van der Waals surface area contributed by atoms with E-state index in [4.69, 9.17) is 25.5 Å². The van der Waals surface area contributed by atoms with E-state index in [9.17, 15) is 9.59 Å². The summed E-state index contributed by atoms with van der Waals surface area (Å²) in [5, 5.41) is 14.8. The maximum atomic E-state index is 12.4. The predicted octanol–water partition coefficient (Wildman–Crippen LogP) is -0.312. The van der Waals surface area contributed by atoms with E-state index in [1.807, 2.05) is 11.0 Å². The van der Waals surface area contributed by atoms with Gasteiger partial charge in [-0.05, 0) is 25.0 Å². The number of nitrogens with two attached hydrogens (primary N) is 1. The number of aliphatic carboxylic acids is 2. The van der Waals surface area contributed by atoms with Crippen LogP contribution in [-0.4, -0.2) is 89.6 Å². The van der Waals surface area contributed by atoms with Gasteiger partial charge in [-0.3, -0.25) is 14.5 Å². The quantitative estimate of drug-likeness (QED) is 0.563. The number of carboxylic acid groups (broad SMARTS) is 2. The Morgan fingerprint density at radius 2 is 1.40 bits per heavy atom. The lowest BCUT2D eigenvalue weighted by Crippen LogP contribution is -2.51. The van der Waals surface area contributed by atoms with Gasteiger partial charge in [-0.15, -0.1) is 0 Å². The summed E-state index contributed by atoms with van der Waals surface area (Å²) in [6, 6.07) is 10.4. The van der Waals surface area contributed by atoms with E-state index in [-0.39, 0.29) is 17.7 Å². The third-order valence-corrected chi connectivity index (χ3v) is 5.29. The van der Waals surface area contributed by atoms with E-state index in [1.54, 1.807) is 0 Å². The highest BCUT2D eigenvalue weighted by molar-refractivity contribution is 6.27. The van der Waals surface area contributed by atoms with Crippen LogP contribution in [0.2, 0.25) is 0 Å². The fourth-order valence-electron chi connectivity index (χ4n) is 3.51. The van der Waals surface area contributed by atoms with Crippen molar-refractivity contribution in [2.45, 2.75) is 12.8 Å². The lowest BCUT2D eigenvalue weighted by Gasteiger charge is -2.37. The van der Waals surface area contributed by atoms with Crippen LogP contribution >= 0.6 is 0 Å². The first-order chi connectivity index (χ1) is 14.3. The van der Waals surface area contributed by atoms with Crippen molar-refractivity contribution in [3.05, 3.63) is 30.3 Å². The molecule has 2 fully saturated rings. The van der Waals surface area contributed by atoms with Crippen LogP contribution in [0.25, 0.3) is 0 Å². The average molecular weight is 420 g/mol. The van der Waals surface area contributed by atoms with Gasteiger partial charge >= 0.3 is 11.9 Å². The van der Waals surface area contributed by atoms with Crippen molar-refractivity contribution in [3.63, 3.8) is 0 Å². The molecule has 4 N–H and O–H groups in total. The first kappa shape index (κ1) is 23.1. The summed E-state index contributed by atoms with van der Waals surface area (Å²) in [6.45, 7) is 5.47. The molecule has 164 valence electrons. The second-order valence-corrected chi connectivity index (χ2v) is 7.27. The van der Waals surface area contributed by atoms with Crippen molar-refractivity contribution < 1.29 is 29.4 Å². The third kappa shape index (κ3) is 7.03. The number of hydrogen-bond donors (Lipinski definition) is 3. The van der Waals surface area contributed by atoms with Crippen LogP contribution in [0.1, 0.15) is 12.8 Å². The maximum Gasteiger partial charge on any atom is 0.414 e. The number of carbonyl (C=O) groups excluding carboxylic acids is 2. The summed E-state index contributed by atoms with van der Waals surface area (Å²) in [7, 11) is 0. The van der Waals surface area contributed by atoms with E-state index in [0.717, 1.165) is 26.2 Å². The first-order valence-corrected chi connectivity index (χ1v) is 9.83. The Morgan fingerprint density at radius 3 is 1.87 bits per heavy atom. The fourth-order valence-corrected chi connectivity index (χ4v) is 3.51. The monoisotopic (exact) mass is 420 g/mol. The Balaban J connectivity index is 0.000000469. The van der Waals surface area contributed by atoms with Crippen LogP contribution in [-0.2, 0) is 19.2 Å². The Labute approximate surface area is 174 Å². The molecule has 1 aromatic carbocycles. The van der Waals surface area contributed by atoms with Gasteiger partial charge in [0, 0.05) is 50.9 Å². The van der Waals surface area contributed by atoms with Gasteiger partial charge in [-0.25, -0.2) is 9.59 Å². The summed E-state index contributed by atoms with van der Waals surface area (Å²) in [4.78, 5) is 48.3. The minimum atomic E-state index is -1.82. The molecule has 10 nitrogen and oxygen atoms in total. The lowest BCUT2D eigenvalue weighted by atomic mass is 9.96. The van der Waals surface area contributed by atoms with Gasteiger partial charge < -0.3 is 25.7 Å². The van der Waals surface area contributed by atoms with Gasteiger partial charge in [0.15, 0.2) is 0 Å². The number of para-hydroxylation sites is 1. The molecule has 0 saturated carbocycles. The molecular formula is C20H28N4O6. The van der Waals surface area contributed by atoms with E-state index >= 15 is 0 Å². The highest BCUT2D eigenvalue weighted by Gasteiger charge is 2.27. The minimum Gasteiger partial charge on any atom is -0.473 e. The molecule has 2 amide bonds. The van der Waals surface area contributed by atoms with E-state index in [2.05, 4.69) is 34.1 Å². The van der Waals surface area contributed by atoms with E-state index in [0.29, 0.717) is 32.5 Å². The Kier molecular flexibility index (Phi) is 8.60. The molecule has 2 aliphatic heterocycles. The summed E-state index contributed by atoms with van der Waals surface area (Å²) in [5.41, 5.74) is 6.59. The van der Waals surface area contributed by atoms with Crippen molar-refractivity contribution in [1.29, 1.82) is 0 Å². The van der Waals surface area contributed by atoms with Gasteiger partial charge in [-0.2, -0.15) is 0 Å². The van der Waals surface area contributed by atoms with Crippen molar-refractivity contribution >= 4 is 29.4 Å². The van der Waals surface area contributed by atoms with Gasteiger partial charge in [0.05, 0.1) is 6.54 Å². The number of piperidine rings is 1. The van der Waals surface area contributed by atoms with Crippen LogP contribution in [0.3, 0.4) is 0 Å². The number of primary amides is 1. The fraction of sp³-hybridized carbons (Fsp3) is 0.500. The molecule has 0 bridgehead atoms. The van der Waals surface area contributed by atoms with Crippen molar-refractivity contribution in [3.8, 4) is 0 Å². The molecule has 30 heavy (non-hydrogen) atoms. The smallest absolute Gasteiger partial charge is 0.414 e. The topological polar surface area (TPSA) is 144 Å². The zero-order valence-electron chi connectivity index (χ0n) is 16.8. The molecule has 2 saturated heterocycles. The largest absolute Gasteiger partial charge is 0.473 e. The maximum absolute atomic E-state index is 12.4. The van der Waals surface area contributed by atoms with Crippen molar-refractivity contribution in [1.82, 2.24) is 9.80 Å². The minimum absolute atomic E-state index is 0.0662. The number of carboxylic acids is 2. The molecule has 3 rings (SSSR count). The molecule has 2 heterocycles. The average Bonchev–Trinajstić information content (AvgIpc) is 2.75. The number of rotatable bonds is 4. The predicted molar refractivity (Wildman–Crippen MR) is 109 cm³/mol. The number of likely N-dealkylation sites (tertiary alicyclic amines) is 1. The summed E-state index contributed by atoms with van der Waals surface area (Å²) in [6.07, 6.45) is 1.39. The van der Waals surface area contributed by atoms with E-state index in [1.165, 1.54) is 5.69 Å². The first-order valence-electron chi connectivity index (χ1n) is 9.83. The van der Waals surface area contributed by atoms with Gasteiger partial charge in [-0.1, -0.05) is 18.2 Å². The summed E-state index contributed by atoms with van der Waals surface area (Å²) < 4.78 is 0. The molecule has 0 unspecified atom stereocenters. The standard InChI is InChI=1S/C18H26N4O2.C2H2O4/c19-18(24)15-6-8-22(9-7-15)17(23)14-20-10-12-21(13-11-20)16-4-2-1-3-5-16;3-1(4)2(5)6/h1-5,15H,6-14H2,(H2,19,24);(H,3,4)(H,5,6). The van der Waals surface area contributed by atoms with Crippen molar-refractivity contribution in [2.24, 2.45) is 11.7 Å². The number of amides is 2. The molecule has 10 heteroatoms. The number of nitrogens with zero attached hydrogens (tertiary/aromatic N) is 3. The molecule has 2 aliphatic rings. The lowest BCUT2D eigenvalue weighted by molar-refractivity contribution is -0.159. The molecule has 0 radical (unpaired) electrons. The molecule has 0 atom stereocenters. The molecule has 0 aromatic heterocycles. The summed E-state index contributed by atoms with van der Waals surface area (Å²) in [5.74, 6) is -3.78. The molecule has 0 aliphatic carbocycles. The number of benzene rings is 1. The van der Waals surface area contributed by atoms with Crippen molar-refractivity contribution in [2.75, 3.05) is 50.7 Å². The number of hydrogen-bond acceptors (Lipinski definition) is 6. The highest BCUT2D eigenvalue weighted by Crippen LogP contribution is 2.18. The SMILES string of the molecule is NC(=O)C1CCN(C(=O)CN2CCN(c3ccccc3)CC2)CC1.O=C(O)C(=O)O. The second-order valence-electron chi connectivity index (χ2n) is 7.27. The van der Waals surface area contributed by atoms with Crippen LogP contribution in [0.15, 0.2) is 30.3 Å². The van der Waals surface area contributed by atoms with Crippen LogP contribution in [0.5, 0.6) is 0 Å². The van der Waals surface area contributed by atoms with E-state index < -0.39 is 11.9 Å². The third-order valence-electron chi connectivity index (χ3n) is 5.29. The normalized spacial score (nSPS) is 17.6. The zero-order valence-corrected chi connectivity index (χ0v) is 16.8. The number of carbonyl (C=O) groups is 4. The zero-order chi connectivity index (χ0) is 22.1. The molecular weight excluding hydrogens is 392 g/mol. The van der Waals surface area contributed by atoms with Gasteiger partial charge in [0.2, 0.25) is 11.8 Å².